The minimum atomic E-state index is -0.299. The van der Waals surface area contributed by atoms with Crippen LogP contribution in [0.2, 0.25) is 0 Å². The number of amides is 1. The first kappa shape index (κ1) is 16.2. The second kappa shape index (κ2) is 7.23. The Balaban J connectivity index is 2.21. The zero-order valence-corrected chi connectivity index (χ0v) is 13.5. The molecule has 2 N–H and O–H groups in total. The van der Waals surface area contributed by atoms with E-state index in [-0.39, 0.29) is 17.9 Å². The lowest BCUT2D eigenvalue weighted by molar-refractivity contribution is -0.122. The molecule has 2 rings (SSSR count). The predicted molar refractivity (Wildman–Crippen MR) is 91.7 cm³/mol. The van der Waals surface area contributed by atoms with Crippen LogP contribution in [0.15, 0.2) is 54.6 Å². The maximum atomic E-state index is 12.8. The maximum absolute atomic E-state index is 12.8. The summed E-state index contributed by atoms with van der Waals surface area (Å²) < 4.78 is 0. The molecule has 0 aliphatic carbocycles. The minimum Gasteiger partial charge on any atom is -0.323 e. The number of nitrogens with two attached hydrogens (primary N) is 1. The monoisotopic (exact) mass is 296 g/mol. The molecule has 2 unspecified atom stereocenters. The summed E-state index contributed by atoms with van der Waals surface area (Å²) in [6, 6.07) is 17.5. The molecule has 0 radical (unpaired) electrons. The van der Waals surface area contributed by atoms with E-state index in [1.54, 1.807) is 4.90 Å². The molecule has 0 saturated heterocycles. The Hall–Kier alpha value is -2.13. The molecule has 2 aromatic carbocycles. The van der Waals surface area contributed by atoms with Crippen molar-refractivity contribution in [3.8, 4) is 0 Å². The highest BCUT2D eigenvalue weighted by Crippen LogP contribution is 2.24. The third-order valence-corrected chi connectivity index (χ3v) is 4.01. The van der Waals surface area contributed by atoms with Crippen LogP contribution >= 0.6 is 0 Å². The molecule has 0 bridgehead atoms. The summed E-state index contributed by atoms with van der Waals surface area (Å²) >= 11 is 0. The summed E-state index contributed by atoms with van der Waals surface area (Å²) in [6.07, 6.45) is 0. The number of carbonyl (C=O) groups excluding carboxylic acids is 1. The molecule has 3 heteroatoms. The predicted octanol–water partition coefficient (Wildman–Crippen LogP) is 3.68. The zero-order valence-electron chi connectivity index (χ0n) is 13.5. The van der Waals surface area contributed by atoms with E-state index in [4.69, 9.17) is 5.73 Å². The van der Waals surface area contributed by atoms with Crippen LogP contribution in [-0.4, -0.2) is 12.5 Å². The van der Waals surface area contributed by atoms with Gasteiger partial charge in [-0.25, -0.2) is 0 Å². The topological polar surface area (TPSA) is 46.3 Å². The van der Waals surface area contributed by atoms with Gasteiger partial charge in [0.1, 0.15) is 0 Å². The molecular weight excluding hydrogens is 272 g/mol. The average Bonchev–Trinajstić information content (AvgIpc) is 2.55. The summed E-state index contributed by atoms with van der Waals surface area (Å²) in [4.78, 5) is 14.7. The van der Waals surface area contributed by atoms with Gasteiger partial charge in [-0.2, -0.15) is 0 Å². The Kier molecular flexibility index (Phi) is 5.34. The van der Waals surface area contributed by atoms with Gasteiger partial charge in [-0.1, -0.05) is 49.4 Å². The van der Waals surface area contributed by atoms with E-state index < -0.39 is 0 Å². The van der Waals surface area contributed by atoms with Crippen LogP contribution < -0.4 is 10.6 Å². The highest BCUT2D eigenvalue weighted by Gasteiger charge is 2.26. The molecule has 0 fully saturated rings. The van der Waals surface area contributed by atoms with Crippen LogP contribution in [0.5, 0.6) is 0 Å². The number of carbonyl (C=O) groups is 1. The highest BCUT2D eigenvalue weighted by molar-refractivity contribution is 5.95. The lowest BCUT2D eigenvalue weighted by atomic mass is 9.94. The summed E-state index contributed by atoms with van der Waals surface area (Å²) in [6.45, 7) is 6.55. The van der Waals surface area contributed by atoms with Gasteiger partial charge in [-0.3, -0.25) is 4.79 Å². The third kappa shape index (κ3) is 3.55. The Morgan fingerprint density at radius 3 is 2.41 bits per heavy atom. The molecule has 3 nitrogen and oxygen atoms in total. The minimum absolute atomic E-state index is 0.0597. The molecule has 0 aliphatic heterocycles. The van der Waals surface area contributed by atoms with Crippen molar-refractivity contribution in [3.05, 3.63) is 65.7 Å². The third-order valence-electron chi connectivity index (χ3n) is 4.01. The van der Waals surface area contributed by atoms with E-state index in [1.807, 2.05) is 75.4 Å². The van der Waals surface area contributed by atoms with Crippen molar-refractivity contribution >= 4 is 11.6 Å². The number of rotatable bonds is 5. The molecule has 2 atom stereocenters. The first-order chi connectivity index (χ1) is 10.5. The van der Waals surface area contributed by atoms with Gasteiger partial charge >= 0.3 is 0 Å². The van der Waals surface area contributed by atoms with Gasteiger partial charge < -0.3 is 10.6 Å². The number of aryl methyl sites for hydroxylation is 1. The normalized spacial score (nSPS) is 13.5. The van der Waals surface area contributed by atoms with Crippen molar-refractivity contribution in [1.29, 1.82) is 0 Å². The number of hydrogen-bond donors (Lipinski definition) is 1. The molecule has 2 aromatic rings. The molecule has 0 aromatic heterocycles. The Morgan fingerprint density at radius 2 is 1.82 bits per heavy atom. The number of hydrogen-bond acceptors (Lipinski definition) is 2. The summed E-state index contributed by atoms with van der Waals surface area (Å²) in [5.74, 6) is -0.215. The van der Waals surface area contributed by atoms with Crippen molar-refractivity contribution in [3.63, 3.8) is 0 Å². The lowest BCUT2D eigenvalue weighted by Gasteiger charge is -2.28. The number of anilines is 1. The van der Waals surface area contributed by atoms with Gasteiger partial charge in [-0.15, -0.1) is 0 Å². The van der Waals surface area contributed by atoms with Crippen LogP contribution in [0, 0.1) is 12.8 Å². The van der Waals surface area contributed by atoms with Gasteiger partial charge in [0.05, 0.1) is 5.92 Å². The van der Waals surface area contributed by atoms with E-state index in [0.29, 0.717) is 6.54 Å². The van der Waals surface area contributed by atoms with E-state index in [1.165, 1.54) is 0 Å². The summed E-state index contributed by atoms with van der Waals surface area (Å²) in [5, 5.41) is 0. The Morgan fingerprint density at radius 1 is 1.14 bits per heavy atom. The van der Waals surface area contributed by atoms with Gasteiger partial charge in [0.2, 0.25) is 5.91 Å². The van der Waals surface area contributed by atoms with Crippen molar-refractivity contribution in [2.45, 2.75) is 26.8 Å². The van der Waals surface area contributed by atoms with E-state index in [9.17, 15) is 4.79 Å². The largest absolute Gasteiger partial charge is 0.323 e. The molecule has 0 spiro atoms. The van der Waals surface area contributed by atoms with Gasteiger partial charge in [0, 0.05) is 18.3 Å². The first-order valence-electron chi connectivity index (χ1n) is 7.73. The fraction of sp³-hybridized carbons (Fsp3) is 0.316. The molecule has 1 amide bonds. The number of benzene rings is 2. The Labute approximate surface area is 132 Å². The average molecular weight is 296 g/mol. The molecule has 22 heavy (non-hydrogen) atoms. The molecule has 0 aliphatic rings. The number of nitrogens with zero attached hydrogens (tertiary/aromatic N) is 1. The maximum Gasteiger partial charge on any atom is 0.231 e. The quantitative estimate of drug-likeness (QED) is 0.914. The van der Waals surface area contributed by atoms with Crippen molar-refractivity contribution in [2.24, 2.45) is 11.7 Å². The molecule has 0 heterocycles. The zero-order chi connectivity index (χ0) is 16.1. The van der Waals surface area contributed by atoms with Gasteiger partial charge in [0.15, 0.2) is 0 Å². The molecular formula is C19H24N2O. The first-order valence-corrected chi connectivity index (χ1v) is 7.73. The fourth-order valence-electron chi connectivity index (χ4n) is 2.62. The SMILES string of the molecule is CCN(C(=O)C(C)C(N)c1ccccc1)c1cccc(C)c1. The van der Waals surface area contributed by atoms with Crippen LogP contribution in [0.1, 0.15) is 31.0 Å². The van der Waals surface area contributed by atoms with E-state index in [2.05, 4.69) is 0 Å². The second-order valence-corrected chi connectivity index (χ2v) is 5.65. The van der Waals surface area contributed by atoms with E-state index >= 15 is 0 Å². The van der Waals surface area contributed by atoms with Crippen LogP contribution in [0.25, 0.3) is 0 Å². The second-order valence-electron chi connectivity index (χ2n) is 5.65. The fourth-order valence-corrected chi connectivity index (χ4v) is 2.62. The summed E-state index contributed by atoms with van der Waals surface area (Å²) in [7, 11) is 0. The van der Waals surface area contributed by atoms with Crippen LogP contribution in [0.4, 0.5) is 5.69 Å². The van der Waals surface area contributed by atoms with Crippen LogP contribution in [0.3, 0.4) is 0 Å². The molecule has 116 valence electrons. The van der Waals surface area contributed by atoms with Crippen molar-refractivity contribution < 1.29 is 4.79 Å². The smallest absolute Gasteiger partial charge is 0.231 e. The summed E-state index contributed by atoms with van der Waals surface area (Å²) in [5.41, 5.74) is 9.35. The van der Waals surface area contributed by atoms with Gasteiger partial charge in [-0.05, 0) is 37.1 Å². The van der Waals surface area contributed by atoms with Crippen LogP contribution in [-0.2, 0) is 4.79 Å². The molecule has 0 saturated carbocycles. The highest BCUT2D eigenvalue weighted by atomic mass is 16.2. The van der Waals surface area contributed by atoms with Crippen molar-refractivity contribution in [1.82, 2.24) is 0 Å². The Bertz CT molecular complexity index is 624. The van der Waals surface area contributed by atoms with Crippen molar-refractivity contribution in [2.75, 3.05) is 11.4 Å². The van der Waals surface area contributed by atoms with E-state index in [0.717, 1.165) is 16.8 Å². The van der Waals surface area contributed by atoms with Gasteiger partial charge in [0.25, 0.3) is 0 Å². The lowest BCUT2D eigenvalue weighted by Crippen LogP contribution is -2.39. The standard InChI is InChI=1S/C19H24N2O/c1-4-21(17-12-8-9-14(2)13-17)19(22)15(3)18(20)16-10-6-5-7-11-16/h5-13,15,18H,4,20H2,1-3H3.